The Morgan fingerprint density at radius 3 is 2.03 bits per heavy atom. The van der Waals surface area contributed by atoms with Crippen LogP contribution in [0.15, 0.2) is 24.3 Å². The van der Waals surface area contributed by atoms with Crippen molar-refractivity contribution in [2.75, 3.05) is 25.5 Å². The van der Waals surface area contributed by atoms with Crippen molar-refractivity contribution in [2.45, 2.75) is 24.6 Å². The summed E-state index contributed by atoms with van der Waals surface area (Å²) in [5.74, 6) is -2.05. The third-order valence-electron chi connectivity index (χ3n) is 3.88. The molecular weight excluding hydrogens is 469 g/mol. The summed E-state index contributed by atoms with van der Waals surface area (Å²) >= 11 is 0. The van der Waals surface area contributed by atoms with Crippen molar-refractivity contribution in [3.63, 3.8) is 0 Å². The molecule has 30 heavy (non-hydrogen) atoms. The fraction of sp³-hybridized carbons (Fsp3) is 0.571. The van der Waals surface area contributed by atoms with Crippen molar-refractivity contribution >= 4 is 22.6 Å². The molecule has 0 aliphatic carbocycles. The quantitative estimate of drug-likeness (QED) is 0.240. The number of methoxy groups -OCH3 is 1. The van der Waals surface area contributed by atoms with Gasteiger partial charge in [0.05, 0.1) is 13.7 Å². The highest BCUT2D eigenvalue weighted by Crippen LogP contribution is 2.63. The summed E-state index contributed by atoms with van der Waals surface area (Å²) in [7, 11) is -12.9. The molecule has 16 heteroatoms. The lowest BCUT2D eigenvalue weighted by atomic mass is 10.1. The number of rotatable bonds is 10. The predicted molar refractivity (Wildman–Crippen MR) is 102 cm³/mol. The van der Waals surface area contributed by atoms with Crippen molar-refractivity contribution in [2.24, 2.45) is 0 Å². The monoisotopic (exact) mass is 492 g/mol. The summed E-state index contributed by atoms with van der Waals surface area (Å²) in [4.78, 5) is 36.8. The van der Waals surface area contributed by atoms with E-state index in [2.05, 4.69) is 4.52 Å². The molecule has 0 aromatic heterocycles. The van der Waals surface area contributed by atoms with Crippen LogP contribution < -0.4 is 9.47 Å². The molecular formula is C14H23O13P3. The molecule has 1 saturated heterocycles. The van der Waals surface area contributed by atoms with Crippen LogP contribution in [0.2, 0.25) is 0 Å². The molecule has 6 N–H and O–H groups in total. The molecule has 2 unspecified atom stereocenters. The standard InChI is InChI=1S/C14H23O13P3/c1-24-9-2-4-10(5-3-9)26-14-13(16)12(15)11(27-14)6-25-30(22,23)8-28(17,18)7-29(19,20)21/h2-5,11-16H,6-8H2,1H3,(H,17,18)(H,22,23)(H2,19,20,21)/t11-,12-,13-,14-/m1/s1. The first-order valence-electron chi connectivity index (χ1n) is 8.35. The van der Waals surface area contributed by atoms with Crippen molar-refractivity contribution < 1.29 is 62.2 Å². The Labute approximate surface area is 171 Å². The van der Waals surface area contributed by atoms with Gasteiger partial charge >= 0.3 is 15.2 Å². The van der Waals surface area contributed by atoms with E-state index in [9.17, 15) is 33.7 Å². The van der Waals surface area contributed by atoms with Crippen LogP contribution in [-0.2, 0) is 23.0 Å². The first-order valence-corrected chi connectivity index (χ1v) is 13.9. The van der Waals surface area contributed by atoms with Crippen LogP contribution in [-0.4, -0.2) is 79.9 Å². The van der Waals surface area contributed by atoms with Gasteiger partial charge in [-0.3, -0.25) is 13.7 Å². The lowest BCUT2D eigenvalue weighted by Crippen LogP contribution is -2.35. The van der Waals surface area contributed by atoms with Crippen LogP contribution in [0, 0.1) is 0 Å². The molecule has 1 aliphatic rings. The van der Waals surface area contributed by atoms with Crippen molar-refractivity contribution in [3.05, 3.63) is 24.3 Å². The Morgan fingerprint density at radius 1 is 0.933 bits per heavy atom. The molecule has 1 heterocycles. The Hall–Kier alpha value is -0.810. The minimum atomic E-state index is -4.90. The van der Waals surface area contributed by atoms with Crippen LogP contribution in [0.3, 0.4) is 0 Å². The van der Waals surface area contributed by atoms with E-state index in [4.69, 9.17) is 24.0 Å². The van der Waals surface area contributed by atoms with Crippen molar-refractivity contribution in [1.29, 1.82) is 0 Å². The van der Waals surface area contributed by atoms with Gasteiger partial charge in [0.25, 0.3) is 0 Å². The second-order valence-corrected chi connectivity index (χ2v) is 13.4. The molecule has 0 bridgehead atoms. The summed E-state index contributed by atoms with van der Waals surface area (Å²) in [6.07, 6.45) is -5.75. The van der Waals surface area contributed by atoms with Gasteiger partial charge in [0.1, 0.15) is 41.6 Å². The van der Waals surface area contributed by atoms with Gasteiger partial charge in [-0.25, -0.2) is 0 Å². The Balaban J connectivity index is 1.94. The number of hydrogen-bond acceptors (Lipinski definition) is 9. The maximum Gasteiger partial charge on any atom is 0.337 e. The van der Waals surface area contributed by atoms with E-state index in [1.807, 2.05) is 0 Å². The van der Waals surface area contributed by atoms with E-state index < -0.39 is 65.6 Å². The van der Waals surface area contributed by atoms with Gasteiger partial charge in [0.15, 0.2) is 0 Å². The molecule has 6 atom stereocenters. The molecule has 1 aliphatic heterocycles. The third-order valence-corrected chi connectivity index (χ3v) is 10.9. The molecule has 1 aromatic rings. The molecule has 0 radical (unpaired) electrons. The number of aliphatic hydroxyl groups is 2. The zero-order valence-corrected chi connectivity index (χ0v) is 18.3. The smallest absolute Gasteiger partial charge is 0.337 e. The molecule has 0 amide bonds. The predicted octanol–water partition coefficient (Wildman–Crippen LogP) is 0.0858. The second-order valence-electron chi connectivity index (χ2n) is 6.54. The highest BCUT2D eigenvalue weighted by Gasteiger charge is 2.46. The van der Waals surface area contributed by atoms with E-state index >= 15 is 0 Å². The number of ether oxygens (including phenoxy) is 3. The van der Waals surface area contributed by atoms with Gasteiger partial charge in [0, 0.05) is 0 Å². The average Bonchev–Trinajstić information content (AvgIpc) is 2.85. The lowest BCUT2D eigenvalue weighted by molar-refractivity contribution is -0.115. The zero-order chi connectivity index (χ0) is 22.7. The van der Waals surface area contributed by atoms with Crippen LogP contribution in [0.4, 0.5) is 0 Å². The highest BCUT2D eigenvalue weighted by molar-refractivity contribution is 7.79. The van der Waals surface area contributed by atoms with Crippen LogP contribution in [0.1, 0.15) is 0 Å². The normalized spacial score (nSPS) is 28.5. The first kappa shape index (κ1) is 25.5. The van der Waals surface area contributed by atoms with E-state index in [-0.39, 0.29) is 5.75 Å². The Bertz CT molecular complexity index is 853. The van der Waals surface area contributed by atoms with Crippen molar-refractivity contribution in [3.8, 4) is 11.5 Å². The maximum atomic E-state index is 12.0. The van der Waals surface area contributed by atoms with Gasteiger partial charge in [-0.2, -0.15) is 0 Å². The minimum absolute atomic E-state index is 0.278. The summed E-state index contributed by atoms with van der Waals surface area (Å²) < 4.78 is 55.0. The summed E-state index contributed by atoms with van der Waals surface area (Å²) in [5, 5.41) is 20.1. The maximum absolute atomic E-state index is 12.0. The second kappa shape index (κ2) is 9.77. The topological polar surface area (TPSA) is 210 Å². The van der Waals surface area contributed by atoms with Crippen LogP contribution >= 0.6 is 22.6 Å². The largest absolute Gasteiger partial charge is 0.497 e. The molecule has 1 fully saturated rings. The fourth-order valence-corrected chi connectivity index (χ4v) is 8.99. The summed E-state index contributed by atoms with van der Waals surface area (Å²) in [6.45, 7) is -0.760. The fourth-order valence-electron chi connectivity index (χ4n) is 2.58. The average molecular weight is 492 g/mol. The Morgan fingerprint density at radius 2 is 1.50 bits per heavy atom. The number of aliphatic hydroxyl groups excluding tert-OH is 2. The molecule has 2 rings (SSSR count). The number of hydrogen-bond donors (Lipinski definition) is 6. The summed E-state index contributed by atoms with van der Waals surface area (Å²) in [5.41, 5.74) is 0. The SMILES string of the molecule is COc1ccc(O[C@@H]2O[C@H](COP(=O)(O)CP(=O)(O)CP(=O)(O)O)[C@@H](O)[C@H]2O)cc1. The van der Waals surface area contributed by atoms with Gasteiger partial charge in [-0.1, -0.05) is 0 Å². The molecule has 0 saturated carbocycles. The van der Waals surface area contributed by atoms with Gasteiger partial charge < -0.3 is 48.5 Å². The third kappa shape index (κ3) is 7.71. The van der Waals surface area contributed by atoms with Crippen LogP contribution in [0.5, 0.6) is 11.5 Å². The molecule has 13 nitrogen and oxygen atoms in total. The first-order chi connectivity index (χ1) is 13.7. The van der Waals surface area contributed by atoms with E-state index in [0.717, 1.165) is 0 Å². The van der Waals surface area contributed by atoms with E-state index in [0.29, 0.717) is 5.75 Å². The van der Waals surface area contributed by atoms with Gasteiger partial charge in [-0.15, -0.1) is 0 Å². The lowest BCUT2D eigenvalue weighted by Gasteiger charge is -2.20. The van der Waals surface area contributed by atoms with Crippen molar-refractivity contribution in [1.82, 2.24) is 0 Å². The summed E-state index contributed by atoms with van der Waals surface area (Å²) in [6, 6.07) is 6.21. The highest BCUT2D eigenvalue weighted by atomic mass is 31.3. The number of benzene rings is 1. The minimum Gasteiger partial charge on any atom is -0.497 e. The van der Waals surface area contributed by atoms with Crippen LogP contribution in [0.25, 0.3) is 0 Å². The zero-order valence-electron chi connectivity index (χ0n) is 15.6. The molecule has 172 valence electrons. The molecule has 1 aromatic carbocycles. The van der Waals surface area contributed by atoms with E-state index in [1.165, 1.54) is 19.2 Å². The van der Waals surface area contributed by atoms with E-state index in [1.54, 1.807) is 12.1 Å². The van der Waals surface area contributed by atoms with Gasteiger partial charge in [0.2, 0.25) is 13.7 Å². The Kier molecular flexibility index (Phi) is 8.29. The molecule has 0 spiro atoms. The van der Waals surface area contributed by atoms with Gasteiger partial charge in [-0.05, 0) is 24.3 Å².